The lowest BCUT2D eigenvalue weighted by Gasteiger charge is -2.14. The van der Waals surface area contributed by atoms with Crippen LogP contribution in [-0.4, -0.2) is 36.6 Å². The third-order valence-corrected chi connectivity index (χ3v) is 5.43. The molecule has 0 bridgehead atoms. The van der Waals surface area contributed by atoms with E-state index >= 15 is 0 Å². The molecule has 0 unspecified atom stereocenters. The average molecular weight is 480 g/mol. The van der Waals surface area contributed by atoms with Crippen molar-refractivity contribution in [2.75, 3.05) is 19.0 Å². The minimum atomic E-state index is -0.369. The first-order chi connectivity index (χ1) is 16.5. The first-order valence-corrected chi connectivity index (χ1v) is 11.0. The van der Waals surface area contributed by atoms with Crippen molar-refractivity contribution in [3.05, 3.63) is 53.2 Å². The van der Waals surface area contributed by atoms with Crippen LogP contribution in [0.25, 0.3) is 10.9 Å². The number of nitrogens with zero attached hydrogens (tertiary/aromatic N) is 2. The van der Waals surface area contributed by atoms with Crippen molar-refractivity contribution in [3.63, 3.8) is 0 Å². The third-order valence-electron chi connectivity index (χ3n) is 5.12. The SMILES string of the molecule is COc1cc2nccc(Oc3ccc(NC(=O)NC4CC4)c(Cl)c3)c2cc1C(=O)NCCC#N. The number of halogens is 1. The van der Waals surface area contributed by atoms with Gasteiger partial charge in [0.05, 0.1) is 41.4 Å². The topological polar surface area (TPSA) is 125 Å². The van der Waals surface area contributed by atoms with Gasteiger partial charge in [0, 0.05) is 36.3 Å². The van der Waals surface area contributed by atoms with Crippen LogP contribution in [0.5, 0.6) is 17.2 Å². The Morgan fingerprint density at radius 2 is 2.03 bits per heavy atom. The van der Waals surface area contributed by atoms with Gasteiger partial charge in [0.2, 0.25) is 0 Å². The van der Waals surface area contributed by atoms with Gasteiger partial charge >= 0.3 is 6.03 Å². The molecular formula is C24H22ClN5O4. The summed E-state index contributed by atoms with van der Waals surface area (Å²) >= 11 is 6.35. The first-order valence-electron chi connectivity index (χ1n) is 10.7. The molecule has 3 N–H and O–H groups in total. The Kier molecular flexibility index (Phi) is 6.99. The first kappa shape index (κ1) is 23.1. The summed E-state index contributed by atoms with van der Waals surface area (Å²) in [5.41, 5.74) is 1.34. The van der Waals surface area contributed by atoms with Gasteiger partial charge in [-0.2, -0.15) is 5.26 Å². The van der Waals surface area contributed by atoms with Crippen molar-refractivity contribution in [1.82, 2.24) is 15.6 Å². The van der Waals surface area contributed by atoms with Crippen molar-refractivity contribution in [2.45, 2.75) is 25.3 Å². The maximum absolute atomic E-state index is 12.6. The van der Waals surface area contributed by atoms with Crippen molar-refractivity contribution in [3.8, 4) is 23.3 Å². The molecule has 4 rings (SSSR count). The van der Waals surface area contributed by atoms with Gasteiger partial charge in [0.25, 0.3) is 5.91 Å². The van der Waals surface area contributed by atoms with Crippen LogP contribution in [0.2, 0.25) is 5.02 Å². The molecule has 174 valence electrons. The highest BCUT2D eigenvalue weighted by Crippen LogP contribution is 2.35. The Bertz CT molecular complexity index is 1290. The van der Waals surface area contributed by atoms with E-state index in [9.17, 15) is 9.59 Å². The minimum absolute atomic E-state index is 0.200. The van der Waals surface area contributed by atoms with Crippen molar-refractivity contribution in [2.24, 2.45) is 0 Å². The monoisotopic (exact) mass is 479 g/mol. The number of hydrogen-bond donors (Lipinski definition) is 3. The number of carbonyl (C=O) groups is 2. The van der Waals surface area contributed by atoms with Gasteiger partial charge < -0.3 is 25.4 Å². The molecule has 1 fully saturated rings. The summed E-state index contributed by atoms with van der Waals surface area (Å²) in [7, 11) is 1.47. The van der Waals surface area contributed by atoms with Gasteiger partial charge in [-0.25, -0.2) is 4.79 Å². The number of aromatic nitrogens is 1. The van der Waals surface area contributed by atoms with Crippen LogP contribution < -0.4 is 25.4 Å². The molecular weight excluding hydrogens is 458 g/mol. The molecule has 1 aromatic heterocycles. The number of ether oxygens (including phenoxy) is 2. The Labute approximate surface area is 201 Å². The van der Waals surface area contributed by atoms with E-state index in [-0.39, 0.29) is 30.9 Å². The Morgan fingerprint density at radius 1 is 1.21 bits per heavy atom. The number of nitriles is 1. The predicted octanol–water partition coefficient (Wildman–Crippen LogP) is 4.62. The highest BCUT2D eigenvalue weighted by atomic mass is 35.5. The number of fused-ring (bicyclic) bond motifs is 1. The number of rotatable bonds is 8. The number of anilines is 1. The number of carbonyl (C=O) groups excluding carboxylic acids is 2. The molecule has 0 aliphatic heterocycles. The molecule has 0 saturated heterocycles. The highest BCUT2D eigenvalue weighted by molar-refractivity contribution is 6.33. The maximum Gasteiger partial charge on any atom is 0.319 e. The molecule has 34 heavy (non-hydrogen) atoms. The van der Waals surface area contributed by atoms with Gasteiger partial charge in [-0.3, -0.25) is 9.78 Å². The van der Waals surface area contributed by atoms with E-state index in [1.54, 1.807) is 42.6 Å². The largest absolute Gasteiger partial charge is 0.496 e. The normalized spacial score (nSPS) is 12.5. The number of urea groups is 1. The van der Waals surface area contributed by atoms with E-state index in [4.69, 9.17) is 26.3 Å². The van der Waals surface area contributed by atoms with E-state index in [0.29, 0.717) is 44.4 Å². The van der Waals surface area contributed by atoms with Crippen molar-refractivity contribution >= 4 is 40.1 Å². The molecule has 1 aliphatic carbocycles. The van der Waals surface area contributed by atoms with Crippen LogP contribution in [0.15, 0.2) is 42.6 Å². The van der Waals surface area contributed by atoms with E-state index in [1.807, 2.05) is 6.07 Å². The van der Waals surface area contributed by atoms with Crippen LogP contribution in [0.3, 0.4) is 0 Å². The van der Waals surface area contributed by atoms with Gasteiger partial charge in [-0.15, -0.1) is 0 Å². The standard InChI is InChI=1S/C24H22ClN5O4/c1-33-22-13-20-16(12-17(22)23(31)28-9-2-8-26)21(7-10-27-20)34-15-5-6-19(18(25)11-15)30-24(32)29-14-3-4-14/h5-7,10-14H,2-4,9H2,1H3,(H,28,31)(H2,29,30,32). The molecule has 2 aromatic carbocycles. The molecule has 10 heteroatoms. The van der Waals surface area contributed by atoms with Crippen LogP contribution in [0.1, 0.15) is 29.6 Å². The van der Waals surface area contributed by atoms with E-state index in [0.717, 1.165) is 12.8 Å². The molecule has 3 amide bonds. The second-order valence-electron chi connectivity index (χ2n) is 7.66. The molecule has 0 spiro atoms. The van der Waals surface area contributed by atoms with E-state index in [2.05, 4.69) is 20.9 Å². The fourth-order valence-corrected chi connectivity index (χ4v) is 3.49. The molecule has 1 heterocycles. The van der Waals surface area contributed by atoms with E-state index < -0.39 is 0 Å². The molecule has 0 atom stereocenters. The summed E-state index contributed by atoms with van der Waals surface area (Å²) in [4.78, 5) is 29.0. The van der Waals surface area contributed by atoms with Crippen LogP contribution in [-0.2, 0) is 0 Å². The highest BCUT2D eigenvalue weighted by Gasteiger charge is 2.23. The number of benzene rings is 2. The van der Waals surface area contributed by atoms with E-state index in [1.165, 1.54) is 7.11 Å². The van der Waals surface area contributed by atoms with Crippen LogP contribution >= 0.6 is 11.6 Å². The number of pyridine rings is 1. The summed E-state index contributed by atoms with van der Waals surface area (Å²) in [6.07, 6.45) is 3.76. The Balaban J connectivity index is 1.58. The van der Waals surface area contributed by atoms with Crippen molar-refractivity contribution in [1.29, 1.82) is 5.26 Å². The lowest BCUT2D eigenvalue weighted by Crippen LogP contribution is -2.30. The van der Waals surface area contributed by atoms with Crippen LogP contribution in [0.4, 0.5) is 10.5 Å². The Hall–Kier alpha value is -4.03. The molecule has 9 nitrogen and oxygen atoms in total. The summed E-state index contributed by atoms with van der Waals surface area (Å²) in [5, 5.41) is 17.9. The van der Waals surface area contributed by atoms with Crippen molar-refractivity contribution < 1.29 is 19.1 Å². The molecule has 1 aliphatic rings. The average Bonchev–Trinajstić information content (AvgIpc) is 3.64. The zero-order chi connectivity index (χ0) is 24.1. The third kappa shape index (κ3) is 5.47. The molecule has 1 saturated carbocycles. The van der Waals surface area contributed by atoms with Gasteiger partial charge in [0.15, 0.2) is 0 Å². The number of methoxy groups -OCH3 is 1. The zero-order valence-electron chi connectivity index (χ0n) is 18.4. The van der Waals surface area contributed by atoms with Crippen LogP contribution in [0, 0.1) is 11.3 Å². The summed E-state index contributed by atoms with van der Waals surface area (Å²) < 4.78 is 11.4. The second-order valence-corrected chi connectivity index (χ2v) is 8.07. The summed E-state index contributed by atoms with van der Waals surface area (Å²) in [6, 6.07) is 11.8. The van der Waals surface area contributed by atoms with Gasteiger partial charge in [-0.05, 0) is 37.1 Å². The fraction of sp³-hybridized carbons (Fsp3) is 0.250. The van der Waals surface area contributed by atoms with Gasteiger partial charge in [0.1, 0.15) is 17.2 Å². The summed E-state index contributed by atoms with van der Waals surface area (Å²) in [5.74, 6) is 0.893. The molecule has 3 aromatic rings. The lowest BCUT2D eigenvalue weighted by molar-refractivity contribution is 0.0951. The smallest absolute Gasteiger partial charge is 0.319 e. The quantitative estimate of drug-likeness (QED) is 0.405. The lowest BCUT2D eigenvalue weighted by atomic mass is 10.1. The Morgan fingerprint density at radius 3 is 2.74 bits per heavy atom. The second kappa shape index (κ2) is 10.3. The number of amides is 3. The summed E-state index contributed by atoms with van der Waals surface area (Å²) in [6.45, 7) is 0.227. The minimum Gasteiger partial charge on any atom is -0.496 e. The molecule has 0 radical (unpaired) electrons. The predicted molar refractivity (Wildman–Crippen MR) is 128 cm³/mol. The number of hydrogen-bond acceptors (Lipinski definition) is 6. The fourth-order valence-electron chi connectivity index (χ4n) is 3.27. The van der Waals surface area contributed by atoms with Gasteiger partial charge in [-0.1, -0.05) is 11.6 Å². The maximum atomic E-state index is 12.6. The number of nitrogens with one attached hydrogen (secondary N) is 3. The zero-order valence-corrected chi connectivity index (χ0v) is 19.1.